The van der Waals surface area contributed by atoms with Gasteiger partial charge in [-0.25, -0.2) is 4.79 Å². The van der Waals surface area contributed by atoms with Crippen LogP contribution in [0.25, 0.3) is 0 Å². The Morgan fingerprint density at radius 1 is 1.47 bits per heavy atom. The molecule has 0 amide bonds. The molecule has 0 saturated heterocycles. The van der Waals surface area contributed by atoms with Gasteiger partial charge in [0.25, 0.3) is 0 Å². The SMILES string of the molecule is COC(=O)C1=COC1CCCCCCCl. The average Bonchev–Trinajstić information content (AvgIpc) is 2.21. The number of alkyl halides is 1. The number of carbonyl (C=O) groups excluding carboxylic acids is 1. The lowest BCUT2D eigenvalue weighted by atomic mass is 10.0. The van der Waals surface area contributed by atoms with Crippen molar-refractivity contribution >= 4 is 17.6 Å². The highest BCUT2D eigenvalue weighted by atomic mass is 35.5. The van der Waals surface area contributed by atoms with Gasteiger partial charge >= 0.3 is 5.97 Å². The molecule has 86 valence electrons. The van der Waals surface area contributed by atoms with Gasteiger partial charge in [-0.2, -0.15) is 0 Å². The zero-order valence-corrected chi connectivity index (χ0v) is 9.76. The number of carbonyl (C=O) groups is 1. The number of unbranched alkanes of at least 4 members (excludes halogenated alkanes) is 3. The molecule has 4 heteroatoms. The lowest BCUT2D eigenvalue weighted by molar-refractivity contribution is -0.139. The van der Waals surface area contributed by atoms with Crippen molar-refractivity contribution in [3.63, 3.8) is 0 Å². The van der Waals surface area contributed by atoms with Crippen molar-refractivity contribution in [2.24, 2.45) is 0 Å². The van der Waals surface area contributed by atoms with E-state index in [-0.39, 0.29) is 12.1 Å². The minimum atomic E-state index is -0.271. The van der Waals surface area contributed by atoms with Crippen LogP contribution in [0.2, 0.25) is 0 Å². The van der Waals surface area contributed by atoms with Gasteiger partial charge in [0.2, 0.25) is 0 Å². The first-order valence-corrected chi connectivity index (χ1v) is 5.83. The van der Waals surface area contributed by atoms with Crippen LogP contribution in [0.3, 0.4) is 0 Å². The predicted molar refractivity (Wildman–Crippen MR) is 58.8 cm³/mol. The molecule has 0 fully saturated rings. The minimum Gasteiger partial charge on any atom is -0.492 e. The number of hydrogen-bond donors (Lipinski definition) is 0. The first-order valence-electron chi connectivity index (χ1n) is 5.29. The summed E-state index contributed by atoms with van der Waals surface area (Å²) in [5.74, 6) is 0.458. The third-order valence-electron chi connectivity index (χ3n) is 2.48. The van der Waals surface area contributed by atoms with E-state index in [0.717, 1.165) is 38.0 Å². The average molecular weight is 233 g/mol. The molecule has 0 aromatic rings. The Morgan fingerprint density at radius 3 is 2.73 bits per heavy atom. The summed E-state index contributed by atoms with van der Waals surface area (Å²) in [6.45, 7) is 0. The van der Waals surface area contributed by atoms with Crippen LogP contribution >= 0.6 is 11.6 Å². The molecule has 3 nitrogen and oxygen atoms in total. The Bertz CT molecular complexity index is 238. The van der Waals surface area contributed by atoms with E-state index in [9.17, 15) is 4.79 Å². The van der Waals surface area contributed by atoms with Crippen molar-refractivity contribution < 1.29 is 14.3 Å². The fourth-order valence-corrected chi connectivity index (χ4v) is 1.72. The van der Waals surface area contributed by atoms with E-state index in [1.165, 1.54) is 13.4 Å². The molecule has 1 unspecified atom stereocenters. The van der Waals surface area contributed by atoms with Gasteiger partial charge in [0.05, 0.1) is 13.4 Å². The number of ether oxygens (including phenoxy) is 2. The highest BCUT2D eigenvalue weighted by Gasteiger charge is 2.29. The van der Waals surface area contributed by atoms with Crippen molar-refractivity contribution in [3.05, 3.63) is 11.8 Å². The van der Waals surface area contributed by atoms with Crippen LogP contribution in [0.15, 0.2) is 11.8 Å². The molecule has 0 aromatic heterocycles. The summed E-state index contributed by atoms with van der Waals surface area (Å²) >= 11 is 5.57. The summed E-state index contributed by atoms with van der Waals surface area (Å²) in [5, 5.41) is 0. The summed E-state index contributed by atoms with van der Waals surface area (Å²) in [5.41, 5.74) is 0.662. The second-order valence-electron chi connectivity index (χ2n) is 3.58. The summed E-state index contributed by atoms with van der Waals surface area (Å²) in [4.78, 5) is 11.2. The molecule has 0 aromatic carbocycles. The zero-order valence-electron chi connectivity index (χ0n) is 9.00. The number of esters is 1. The van der Waals surface area contributed by atoms with Crippen LogP contribution < -0.4 is 0 Å². The molecule has 0 aliphatic carbocycles. The quantitative estimate of drug-likeness (QED) is 0.385. The molecule has 0 radical (unpaired) electrons. The van der Waals surface area contributed by atoms with E-state index in [1.807, 2.05) is 0 Å². The Morgan fingerprint density at radius 2 is 2.20 bits per heavy atom. The third kappa shape index (κ3) is 3.74. The van der Waals surface area contributed by atoms with Gasteiger partial charge in [-0.05, 0) is 19.3 Å². The minimum absolute atomic E-state index is 0.0477. The standard InChI is InChI=1S/C11H17ClO3/c1-14-11(13)9-8-15-10(9)6-4-2-3-5-7-12/h8,10H,2-7H2,1H3. The molecule has 0 bridgehead atoms. The number of rotatable bonds is 7. The van der Waals surface area contributed by atoms with Gasteiger partial charge in [0.1, 0.15) is 11.7 Å². The second-order valence-corrected chi connectivity index (χ2v) is 3.96. The summed E-state index contributed by atoms with van der Waals surface area (Å²) in [6, 6.07) is 0. The molecule has 0 spiro atoms. The third-order valence-corrected chi connectivity index (χ3v) is 2.74. The van der Waals surface area contributed by atoms with Gasteiger partial charge in [-0.15, -0.1) is 11.6 Å². The van der Waals surface area contributed by atoms with E-state index < -0.39 is 0 Å². The first-order chi connectivity index (χ1) is 7.29. The Labute approximate surface area is 95.4 Å². The molecule has 1 aliphatic heterocycles. The van der Waals surface area contributed by atoms with E-state index in [1.54, 1.807) is 0 Å². The topological polar surface area (TPSA) is 35.5 Å². The monoisotopic (exact) mass is 232 g/mol. The maximum atomic E-state index is 11.2. The molecule has 1 heterocycles. The summed E-state index contributed by atoms with van der Waals surface area (Å²) in [7, 11) is 1.39. The lowest BCUT2D eigenvalue weighted by Gasteiger charge is -2.25. The van der Waals surface area contributed by atoms with Crippen LogP contribution in [0.4, 0.5) is 0 Å². The maximum absolute atomic E-state index is 11.2. The van der Waals surface area contributed by atoms with Crippen molar-refractivity contribution in [2.45, 2.75) is 38.2 Å². The van der Waals surface area contributed by atoms with Gasteiger partial charge in [0, 0.05) is 5.88 Å². The molecule has 15 heavy (non-hydrogen) atoms. The molecular weight excluding hydrogens is 216 g/mol. The van der Waals surface area contributed by atoms with Gasteiger partial charge in [-0.1, -0.05) is 12.8 Å². The van der Waals surface area contributed by atoms with Crippen molar-refractivity contribution in [3.8, 4) is 0 Å². The van der Waals surface area contributed by atoms with E-state index in [2.05, 4.69) is 4.74 Å². The van der Waals surface area contributed by atoms with Crippen molar-refractivity contribution in [1.29, 1.82) is 0 Å². The summed E-state index contributed by atoms with van der Waals surface area (Å²) < 4.78 is 9.81. The zero-order chi connectivity index (χ0) is 11.1. The first kappa shape index (κ1) is 12.4. The number of methoxy groups -OCH3 is 1. The van der Waals surface area contributed by atoms with E-state index in [4.69, 9.17) is 16.3 Å². The molecule has 0 saturated carbocycles. The van der Waals surface area contributed by atoms with Gasteiger partial charge < -0.3 is 9.47 Å². The van der Waals surface area contributed by atoms with Crippen LogP contribution in [0.1, 0.15) is 32.1 Å². The van der Waals surface area contributed by atoms with Crippen LogP contribution in [0.5, 0.6) is 0 Å². The molecule has 0 N–H and O–H groups in total. The summed E-state index contributed by atoms with van der Waals surface area (Å²) in [6.07, 6.45) is 6.74. The lowest BCUT2D eigenvalue weighted by Crippen LogP contribution is -2.28. The molecule has 1 rings (SSSR count). The van der Waals surface area contributed by atoms with Crippen LogP contribution in [0, 0.1) is 0 Å². The van der Waals surface area contributed by atoms with Crippen molar-refractivity contribution in [2.75, 3.05) is 13.0 Å². The fourth-order valence-electron chi connectivity index (χ4n) is 1.53. The molecular formula is C11H17ClO3. The maximum Gasteiger partial charge on any atom is 0.340 e. The highest BCUT2D eigenvalue weighted by molar-refractivity contribution is 6.17. The largest absolute Gasteiger partial charge is 0.492 e. The van der Waals surface area contributed by atoms with E-state index in [0.29, 0.717) is 5.57 Å². The Kier molecular flexibility index (Phi) is 5.54. The molecule has 1 aliphatic rings. The predicted octanol–water partition coefficient (Wildman–Crippen LogP) is 2.63. The number of hydrogen-bond acceptors (Lipinski definition) is 3. The second kappa shape index (κ2) is 6.72. The number of halogens is 1. The van der Waals surface area contributed by atoms with Crippen LogP contribution in [-0.4, -0.2) is 25.1 Å². The van der Waals surface area contributed by atoms with Gasteiger partial charge in [0.15, 0.2) is 0 Å². The Balaban J connectivity index is 2.09. The fraction of sp³-hybridized carbons (Fsp3) is 0.727. The highest BCUT2D eigenvalue weighted by Crippen LogP contribution is 2.24. The van der Waals surface area contributed by atoms with Crippen molar-refractivity contribution in [1.82, 2.24) is 0 Å². The Hall–Kier alpha value is -0.700. The van der Waals surface area contributed by atoms with E-state index >= 15 is 0 Å². The van der Waals surface area contributed by atoms with Gasteiger partial charge in [-0.3, -0.25) is 0 Å². The van der Waals surface area contributed by atoms with Crippen LogP contribution in [-0.2, 0) is 14.3 Å². The smallest absolute Gasteiger partial charge is 0.340 e. The normalized spacial score (nSPS) is 18.8. The molecule has 1 atom stereocenters.